The van der Waals surface area contributed by atoms with Gasteiger partial charge in [-0.1, -0.05) is 92.4 Å². The number of aliphatic hydroxyl groups is 2. The number of Topliss-reactive ketones (excluding diaryl/α,β-unsaturated/α-hetero) is 1. The van der Waals surface area contributed by atoms with E-state index in [4.69, 9.17) is 4.74 Å². The van der Waals surface area contributed by atoms with Gasteiger partial charge in [-0.2, -0.15) is 0 Å². The second kappa shape index (κ2) is 13.7. The van der Waals surface area contributed by atoms with Crippen molar-refractivity contribution in [1.29, 1.82) is 0 Å². The minimum atomic E-state index is -1.08. The maximum Gasteiger partial charge on any atom is 0.410 e. The third-order valence-electron chi connectivity index (χ3n) is 20.3. The first-order chi connectivity index (χ1) is 26.5. The third kappa shape index (κ3) is 5.64. The lowest BCUT2D eigenvalue weighted by Crippen LogP contribution is -2.67. The summed E-state index contributed by atoms with van der Waals surface area (Å²) in [4.78, 5) is 31.9. The summed E-state index contributed by atoms with van der Waals surface area (Å²) in [6.45, 7) is 17.5. The number of carbonyl (C=O) groups is 2. The highest BCUT2D eigenvalue weighted by Gasteiger charge is 2.75. The monoisotopic (exact) mass is 772 g/mol. The zero-order valence-electron chi connectivity index (χ0n) is 36.3. The molecular formula is C50H77NO5. The highest BCUT2D eigenvalue weighted by molar-refractivity contribution is 6.00. The van der Waals surface area contributed by atoms with Crippen molar-refractivity contribution >= 4 is 11.9 Å². The van der Waals surface area contributed by atoms with Gasteiger partial charge in [-0.25, -0.2) is 4.79 Å². The van der Waals surface area contributed by atoms with Gasteiger partial charge in [0.2, 0.25) is 0 Å². The van der Waals surface area contributed by atoms with Gasteiger partial charge >= 0.3 is 6.09 Å². The minimum Gasteiger partial charge on any atom is -0.446 e. The number of carbonyl (C=O) groups excluding carboxylic acids is 2. The molecule has 8 fully saturated rings. The van der Waals surface area contributed by atoms with Crippen LogP contribution in [0.4, 0.5) is 4.79 Å². The van der Waals surface area contributed by atoms with Crippen molar-refractivity contribution in [2.24, 2.45) is 80.3 Å². The first-order valence-corrected chi connectivity index (χ1v) is 23.8. The molecule has 6 heteroatoms. The summed E-state index contributed by atoms with van der Waals surface area (Å²) in [6.07, 6.45) is 24.8. The van der Waals surface area contributed by atoms with Gasteiger partial charge in [0.05, 0.1) is 18.2 Å². The molecule has 6 nitrogen and oxygen atoms in total. The second-order valence-electron chi connectivity index (χ2n) is 23.3. The van der Waals surface area contributed by atoms with Gasteiger partial charge in [0.15, 0.2) is 5.78 Å². The van der Waals surface area contributed by atoms with E-state index >= 15 is 4.79 Å². The highest BCUT2D eigenvalue weighted by atomic mass is 16.6. The normalized spacial score (nSPS) is 49.0. The molecule has 4 bridgehead atoms. The Balaban J connectivity index is 1.06. The summed E-state index contributed by atoms with van der Waals surface area (Å²) in [5.74, 6) is 4.05. The van der Waals surface area contributed by atoms with Crippen LogP contribution in [0.5, 0.6) is 0 Å². The number of nitrogens with zero attached hydrogens (tertiary/aromatic N) is 1. The Labute approximate surface area is 339 Å². The SMILES string of the molecule is CC(C)[C@H]1CC[C@H](C)C[C@@H]1OC(=O)N(C[C@@H]1CC[C@H]2C[C@@H]1C2(C)C)C[C@]1(O)CC[C@H]2[C@]34C=C[C@@]5(C=C3C(=O)C3CCCCC3)CC(O)CC[C@]5(C)[C@H]4CC[C@@]21C. The quantitative estimate of drug-likeness (QED) is 0.240. The molecule has 8 saturated carbocycles. The lowest BCUT2D eigenvalue weighted by atomic mass is 9.32. The molecule has 2 N–H and O–H groups in total. The zero-order chi connectivity index (χ0) is 39.6. The summed E-state index contributed by atoms with van der Waals surface area (Å²) in [5, 5.41) is 24.6. The predicted molar refractivity (Wildman–Crippen MR) is 221 cm³/mol. The fourth-order valence-electron chi connectivity index (χ4n) is 16.6. The molecule has 0 heterocycles. The minimum absolute atomic E-state index is 0.0340. The van der Waals surface area contributed by atoms with Gasteiger partial charge in [0.25, 0.3) is 0 Å². The van der Waals surface area contributed by atoms with Crippen molar-refractivity contribution in [3.63, 3.8) is 0 Å². The van der Waals surface area contributed by atoms with Crippen LogP contribution < -0.4 is 0 Å². The van der Waals surface area contributed by atoms with E-state index < -0.39 is 16.4 Å². The topological polar surface area (TPSA) is 87.1 Å². The van der Waals surface area contributed by atoms with Gasteiger partial charge in [-0.15, -0.1) is 0 Å². The summed E-state index contributed by atoms with van der Waals surface area (Å²) >= 11 is 0. The summed E-state index contributed by atoms with van der Waals surface area (Å²) < 4.78 is 6.68. The van der Waals surface area contributed by atoms with E-state index in [0.29, 0.717) is 72.6 Å². The molecule has 312 valence electrons. The molecule has 14 atom stereocenters. The van der Waals surface area contributed by atoms with Crippen LogP contribution in [0, 0.1) is 80.3 Å². The predicted octanol–water partition coefficient (Wildman–Crippen LogP) is 10.7. The molecule has 0 aromatic rings. The molecule has 1 amide bonds. The number of ketones is 1. The van der Waals surface area contributed by atoms with Crippen LogP contribution in [-0.2, 0) is 9.53 Å². The molecule has 56 heavy (non-hydrogen) atoms. The maximum absolute atomic E-state index is 15.1. The smallest absolute Gasteiger partial charge is 0.410 e. The van der Waals surface area contributed by atoms with Gasteiger partial charge < -0.3 is 19.8 Å². The second-order valence-corrected chi connectivity index (χ2v) is 23.3. The number of fused-ring (bicyclic) bond motifs is 3. The number of rotatable bonds is 8. The Hall–Kier alpha value is -1.66. The van der Waals surface area contributed by atoms with E-state index in [1.807, 2.05) is 4.90 Å². The van der Waals surface area contributed by atoms with E-state index in [1.165, 1.54) is 25.7 Å². The molecule has 11 aliphatic rings. The molecule has 0 aliphatic heterocycles. The van der Waals surface area contributed by atoms with Crippen LogP contribution in [0.1, 0.15) is 164 Å². The highest BCUT2D eigenvalue weighted by Crippen LogP contribution is 2.78. The van der Waals surface area contributed by atoms with Gasteiger partial charge in [-0.3, -0.25) is 4.79 Å². The van der Waals surface area contributed by atoms with Gasteiger partial charge in [0, 0.05) is 34.3 Å². The van der Waals surface area contributed by atoms with Crippen LogP contribution in [0.15, 0.2) is 23.8 Å². The van der Waals surface area contributed by atoms with Crippen molar-refractivity contribution in [3.8, 4) is 0 Å². The van der Waals surface area contributed by atoms with Gasteiger partial charge in [0.1, 0.15) is 6.10 Å². The van der Waals surface area contributed by atoms with E-state index in [0.717, 1.165) is 88.5 Å². The van der Waals surface area contributed by atoms with Crippen molar-refractivity contribution in [1.82, 2.24) is 4.90 Å². The standard InChI is InChI=1S/C50H77NO5/c1-31(2)37-16-13-32(3)25-40(37)56-44(54)51(29-34-14-15-35-26-38(34)45(35,4)5)30-49(55)22-19-42-47(49,7)21-18-41-46(6)20-17-36(52)27-48(46)23-24-50(41,42)39(28-48)43(53)33-11-9-8-10-12-33/h23-24,28,31-38,40-42,52,55H,8-22,25-27,29-30H2,1-7H3/t32-,34-,35-,36?,37+,38-,40-,41+,42+,46+,47-,48-,49+,50+/m0/s1. The fraction of sp³-hybridized carbons (Fsp3) is 0.880. The van der Waals surface area contributed by atoms with Crippen molar-refractivity contribution < 1.29 is 24.5 Å². The van der Waals surface area contributed by atoms with Crippen molar-refractivity contribution in [2.75, 3.05) is 13.1 Å². The van der Waals surface area contributed by atoms with Crippen molar-refractivity contribution in [2.45, 2.75) is 182 Å². The number of hydrogen-bond acceptors (Lipinski definition) is 5. The molecule has 0 aromatic heterocycles. The number of ether oxygens (including phenoxy) is 1. The summed E-state index contributed by atoms with van der Waals surface area (Å²) in [5.41, 5.74) is -0.952. The number of amides is 1. The summed E-state index contributed by atoms with van der Waals surface area (Å²) in [6, 6.07) is 0. The average Bonchev–Trinajstić information content (AvgIpc) is 3.44. The number of hydrogen-bond donors (Lipinski definition) is 2. The molecular weight excluding hydrogens is 695 g/mol. The van der Waals surface area contributed by atoms with E-state index in [-0.39, 0.29) is 41.0 Å². The molecule has 2 spiro atoms. The van der Waals surface area contributed by atoms with Crippen LogP contribution in [0.3, 0.4) is 0 Å². The Morgan fingerprint density at radius 2 is 1.57 bits per heavy atom. The molecule has 11 aliphatic carbocycles. The molecule has 0 radical (unpaired) electrons. The Bertz CT molecular complexity index is 1620. The molecule has 0 aromatic carbocycles. The van der Waals surface area contributed by atoms with Crippen LogP contribution >= 0.6 is 0 Å². The molecule has 0 saturated heterocycles. The Kier molecular flexibility index (Phi) is 9.72. The Morgan fingerprint density at radius 3 is 2.29 bits per heavy atom. The van der Waals surface area contributed by atoms with Crippen molar-refractivity contribution in [3.05, 3.63) is 23.8 Å². The zero-order valence-corrected chi connectivity index (χ0v) is 36.3. The van der Waals surface area contributed by atoms with Crippen LogP contribution in [0.25, 0.3) is 0 Å². The average molecular weight is 772 g/mol. The van der Waals surface area contributed by atoms with Gasteiger partial charge in [-0.05, 0) is 148 Å². The first-order valence-electron chi connectivity index (χ1n) is 23.8. The first kappa shape index (κ1) is 39.8. The van der Waals surface area contributed by atoms with E-state index in [9.17, 15) is 15.0 Å². The number of aliphatic hydroxyl groups excluding tert-OH is 1. The Morgan fingerprint density at radius 1 is 0.857 bits per heavy atom. The van der Waals surface area contributed by atoms with E-state index in [2.05, 4.69) is 66.7 Å². The van der Waals surface area contributed by atoms with Crippen LogP contribution in [-0.4, -0.2) is 57.9 Å². The lowest BCUT2D eigenvalue weighted by Gasteiger charge is -2.71. The summed E-state index contributed by atoms with van der Waals surface area (Å²) in [7, 11) is 0. The number of allylic oxidation sites excluding steroid dienone is 4. The fourth-order valence-corrected chi connectivity index (χ4v) is 16.6. The lowest BCUT2D eigenvalue weighted by molar-refractivity contribution is -0.180. The largest absolute Gasteiger partial charge is 0.446 e. The van der Waals surface area contributed by atoms with E-state index in [1.54, 1.807) is 0 Å². The maximum atomic E-state index is 15.1. The molecule has 1 unspecified atom stereocenters. The molecule has 11 rings (SSSR count). The third-order valence-corrected chi connectivity index (χ3v) is 20.3. The van der Waals surface area contributed by atoms with Crippen LogP contribution in [0.2, 0.25) is 0 Å².